The van der Waals surface area contributed by atoms with Crippen LogP contribution in [0.4, 0.5) is 0 Å². The summed E-state index contributed by atoms with van der Waals surface area (Å²) in [6, 6.07) is 12.3. The third kappa shape index (κ3) is 4.24. The van der Waals surface area contributed by atoms with Crippen LogP contribution in [0.15, 0.2) is 41.8 Å². The van der Waals surface area contributed by atoms with E-state index in [0.717, 1.165) is 18.4 Å². The second-order valence-electron chi connectivity index (χ2n) is 7.31. The van der Waals surface area contributed by atoms with E-state index in [4.69, 9.17) is 0 Å². The van der Waals surface area contributed by atoms with Gasteiger partial charge in [0.25, 0.3) is 0 Å². The summed E-state index contributed by atoms with van der Waals surface area (Å²) in [5.41, 5.74) is 2.35. The van der Waals surface area contributed by atoms with E-state index in [1.54, 1.807) is 16.2 Å². The number of benzene rings is 1. The molecule has 4 nitrogen and oxygen atoms in total. The highest BCUT2D eigenvalue weighted by Crippen LogP contribution is 2.37. The van der Waals surface area contributed by atoms with Gasteiger partial charge in [-0.2, -0.15) is 0 Å². The van der Waals surface area contributed by atoms with Crippen molar-refractivity contribution in [3.8, 4) is 0 Å². The largest absolute Gasteiger partial charge is 0.331 e. The molecule has 0 aliphatic carbocycles. The summed E-state index contributed by atoms with van der Waals surface area (Å²) in [5.74, 6) is 0.0872. The molecule has 0 bridgehead atoms. The van der Waals surface area contributed by atoms with Crippen LogP contribution < -0.4 is 0 Å². The molecule has 144 valence electrons. The van der Waals surface area contributed by atoms with Gasteiger partial charge < -0.3 is 9.80 Å². The average molecular weight is 385 g/mol. The summed E-state index contributed by atoms with van der Waals surface area (Å²) >= 11 is 1.77. The Hall–Kier alpha value is -2.14. The van der Waals surface area contributed by atoms with Gasteiger partial charge in [0.05, 0.1) is 6.04 Å². The van der Waals surface area contributed by atoms with Crippen molar-refractivity contribution >= 4 is 23.2 Å². The van der Waals surface area contributed by atoms with Crippen molar-refractivity contribution in [3.63, 3.8) is 0 Å². The number of nitrogens with zero attached hydrogens (tertiary/aromatic N) is 2. The second kappa shape index (κ2) is 8.70. The van der Waals surface area contributed by atoms with Crippen LogP contribution >= 0.6 is 11.3 Å². The topological polar surface area (TPSA) is 40.6 Å². The molecule has 0 fully saturated rings. The highest BCUT2D eigenvalue weighted by molar-refractivity contribution is 7.10. The van der Waals surface area contributed by atoms with Gasteiger partial charge in [-0.05, 0) is 49.3 Å². The number of carbonyl (C=O) groups excluding carboxylic acids is 2. The monoisotopic (exact) mass is 384 g/mol. The summed E-state index contributed by atoms with van der Waals surface area (Å²) in [7, 11) is 0. The predicted molar refractivity (Wildman–Crippen MR) is 110 cm³/mol. The molecule has 2 heterocycles. The number of thiophene rings is 1. The van der Waals surface area contributed by atoms with E-state index < -0.39 is 0 Å². The third-order valence-electron chi connectivity index (χ3n) is 5.11. The maximum Gasteiger partial charge on any atom is 0.243 e. The SMILES string of the molecule is CCCC(=O)N(CC(=O)N1CCc2sccc2C1c1ccccc1)C(C)C. The quantitative estimate of drug-likeness (QED) is 0.747. The molecule has 3 rings (SSSR count). The Bertz CT molecular complexity index is 785. The van der Waals surface area contributed by atoms with E-state index in [0.29, 0.717) is 13.0 Å². The summed E-state index contributed by atoms with van der Waals surface area (Å²) in [6.07, 6.45) is 2.17. The first-order valence-corrected chi connectivity index (χ1v) is 10.6. The van der Waals surface area contributed by atoms with Crippen molar-refractivity contribution in [2.24, 2.45) is 0 Å². The van der Waals surface area contributed by atoms with Crippen molar-refractivity contribution in [2.45, 2.75) is 52.1 Å². The van der Waals surface area contributed by atoms with Crippen molar-refractivity contribution in [2.75, 3.05) is 13.1 Å². The number of hydrogen-bond donors (Lipinski definition) is 0. The van der Waals surface area contributed by atoms with E-state index >= 15 is 0 Å². The van der Waals surface area contributed by atoms with Crippen molar-refractivity contribution in [1.82, 2.24) is 9.80 Å². The Balaban J connectivity index is 1.87. The minimum absolute atomic E-state index is 0.0182. The fourth-order valence-corrected chi connectivity index (χ4v) is 4.64. The van der Waals surface area contributed by atoms with Crippen LogP contribution in [0, 0.1) is 0 Å². The molecule has 1 unspecified atom stereocenters. The highest BCUT2D eigenvalue weighted by atomic mass is 32.1. The van der Waals surface area contributed by atoms with E-state index in [1.807, 2.05) is 43.9 Å². The van der Waals surface area contributed by atoms with Crippen molar-refractivity contribution in [1.29, 1.82) is 0 Å². The lowest BCUT2D eigenvalue weighted by Gasteiger charge is -2.38. The zero-order valence-corrected chi connectivity index (χ0v) is 17.2. The van der Waals surface area contributed by atoms with Gasteiger partial charge in [-0.15, -0.1) is 11.3 Å². The van der Waals surface area contributed by atoms with Gasteiger partial charge in [-0.1, -0.05) is 37.3 Å². The molecule has 1 aromatic heterocycles. The minimum atomic E-state index is -0.0658. The maximum atomic E-state index is 13.3. The van der Waals surface area contributed by atoms with Gasteiger partial charge in [-0.3, -0.25) is 9.59 Å². The van der Waals surface area contributed by atoms with Crippen LogP contribution in [0.2, 0.25) is 0 Å². The lowest BCUT2D eigenvalue weighted by atomic mass is 9.93. The second-order valence-corrected chi connectivity index (χ2v) is 8.32. The molecule has 1 atom stereocenters. The lowest BCUT2D eigenvalue weighted by Crippen LogP contribution is -2.48. The molecule has 1 aromatic carbocycles. The molecular weight excluding hydrogens is 356 g/mol. The summed E-state index contributed by atoms with van der Waals surface area (Å²) < 4.78 is 0. The summed E-state index contributed by atoms with van der Waals surface area (Å²) in [4.78, 5) is 30.8. The molecule has 27 heavy (non-hydrogen) atoms. The van der Waals surface area contributed by atoms with Gasteiger partial charge in [-0.25, -0.2) is 0 Å². The molecule has 5 heteroatoms. The Morgan fingerprint density at radius 2 is 1.96 bits per heavy atom. The lowest BCUT2D eigenvalue weighted by molar-refractivity contribution is -0.143. The zero-order chi connectivity index (χ0) is 19.4. The van der Waals surface area contributed by atoms with Crippen molar-refractivity contribution < 1.29 is 9.59 Å². The minimum Gasteiger partial charge on any atom is -0.331 e. The van der Waals surface area contributed by atoms with Gasteiger partial charge in [0.15, 0.2) is 0 Å². The first-order chi connectivity index (χ1) is 13.0. The van der Waals surface area contributed by atoms with Crippen LogP contribution in [0.1, 0.15) is 55.7 Å². The van der Waals surface area contributed by atoms with Crippen LogP contribution in [-0.4, -0.2) is 40.7 Å². The van der Waals surface area contributed by atoms with E-state index in [9.17, 15) is 9.59 Å². The summed E-state index contributed by atoms with van der Waals surface area (Å²) in [6.45, 7) is 6.79. The van der Waals surface area contributed by atoms with Crippen LogP contribution in [0.25, 0.3) is 0 Å². The maximum absolute atomic E-state index is 13.3. The highest BCUT2D eigenvalue weighted by Gasteiger charge is 2.34. The van der Waals surface area contributed by atoms with Crippen LogP contribution in [0.3, 0.4) is 0 Å². The first-order valence-electron chi connectivity index (χ1n) is 9.73. The number of carbonyl (C=O) groups is 2. The molecule has 1 aliphatic heterocycles. The van der Waals surface area contributed by atoms with Gasteiger partial charge in [0, 0.05) is 23.9 Å². The molecule has 0 N–H and O–H groups in total. The first kappa shape index (κ1) is 19.6. The van der Waals surface area contributed by atoms with Crippen LogP contribution in [-0.2, 0) is 16.0 Å². The fraction of sp³-hybridized carbons (Fsp3) is 0.455. The average Bonchev–Trinajstić information content (AvgIpc) is 3.14. The third-order valence-corrected chi connectivity index (χ3v) is 6.11. The Labute approximate surface area is 165 Å². The van der Waals surface area contributed by atoms with Gasteiger partial charge >= 0.3 is 0 Å². The fourth-order valence-electron chi connectivity index (χ4n) is 3.73. The zero-order valence-electron chi connectivity index (χ0n) is 16.4. The van der Waals surface area contributed by atoms with E-state index in [1.165, 1.54) is 10.4 Å². The standard InChI is InChI=1S/C22H28N2O2S/c1-4-8-20(25)24(16(2)3)15-21(26)23-13-11-19-18(12-14-27-19)22(23)17-9-6-5-7-10-17/h5-7,9-10,12,14,16,22H,4,8,11,13,15H2,1-3H3. The molecule has 2 amide bonds. The Kier molecular flexibility index (Phi) is 6.32. The van der Waals surface area contributed by atoms with E-state index in [2.05, 4.69) is 23.6 Å². The van der Waals surface area contributed by atoms with Gasteiger partial charge in [0.2, 0.25) is 11.8 Å². The molecule has 0 saturated heterocycles. The number of amides is 2. The normalized spacial score (nSPS) is 16.3. The smallest absolute Gasteiger partial charge is 0.243 e. The number of fused-ring (bicyclic) bond motifs is 1. The molecular formula is C22H28N2O2S. The van der Waals surface area contributed by atoms with E-state index in [-0.39, 0.29) is 30.4 Å². The number of hydrogen-bond acceptors (Lipinski definition) is 3. The number of rotatable bonds is 6. The Morgan fingerprint density at radius 3 is 2.63 bits per heavy atom. The Morgan fingerprint density at radius 1 is 1.22 bits per heavy atom. The molecule has 0 saturated carbocycles. The summed E-state index contributed by atoms with van der Waals surface area (Å²) in [5, 5.41) is 2.11. The van der Waals surface area contributed by atoms with Crippen molar-refractivity contribution in [3.05, 3.63) is 57.8 Å². The van der Waals surface area contributed by atoms with Gasteiger partial charge in [0.1, 0.15) is 6.54 Å². The molecule has 2 aromatic rings. The molecule has 1 aliphatic rings. The molecule has 0 spiro atoms. The molecule has 0 radical (unpaired) electrons. The predicted octanol–water partition coefficient (Wildman–Crippen LogP) is 4.26. The van der Waals surface area contributed by atoms with Crippen LogP contribution in [0.5, 0.6) is 0 Å².